The van der Waals surface area contributed by atoms with Gasteiger partial charge in [-0.15, -0.1) is 0 Å². The van der Waals surface area contributed by atoms with E-state index in [1.54, 1.807) is 11.8 Å². The van der Waals surface area contributed by atoms with Gasteiger partial charge in [0, 0.05) is 28.2 Å². The molecule has 2 heteroatoms. The zero-order valence-electron chi connectivity index (χ0n) is 18.6. The molecule has 0 saturated carbocycles. The third kappa shape index (κ3) is 5.04. The van der Waals surface area contributed by atoms with Crippen molar-refractivity contribution in [1.29, 1.82) is 0 Å². The maximum atomic E-state index is 4.40. The summed E-state index contributed by atoms with van der Waals surface area (Å²) < 4.78 is 0. The van der Waals surface area contributed by atoms with Crippen molar-refractivity contribution in [1.82, 2.24) is 0 Å². The first kappa shape index (κ1) is 21.7. The molecule has 4 aromatic rings. The molecular formula is C30H27NS. The molecule has 0 heterocycles. The van der Waals surface area contributed by atoms with Gasteiger partial charge in [0.15, 0.2) is 0 Å². The number of nitrogens with zero attached hydrogens (tertiary/aromatic N) is 1. The summed E-state index contributed by atoms with van der Waals surface area (Å²) >= 11 is 1.75. The molecule has 32 heavy (non-hydrogen) atoms. The van der Waals surface area contributed by atoms with Crippen molar-refractivity contribution in [2.75, 3.05) is 11.9 Å². The molecule has 0 aliphatic carbocycles. The third-order valence-corrected chi connectivity index (χ3v) is 6.50. The summed E-state index contributed by atoms with van der Waals surface area (Å²) in [7, 11) is 2.09. The minimum Gasteiger partial charge on any atom is -0.345 e. The van der Waals surface area contributed by atoms with Crippen LogP contribution in [0.3, 0.4) is 0 Å². The molecule has 0 amide bonds. The molecule has 0 aliphatic rings. The van der Waals surface area contributed by atoms with Gasteiger partial charge in [0.2, 0.25) is 0 Å². The molecule has 0 bridgehead atoms. The van der Waals surface area contributed by atoms with Crippen LogP contribution in [0.1, 0.15) is 22.3 Å². The van der Waals surface area contributed by atoms with E-state index in [9.17, 15) is 0 Å². The second-order valence-electron chi connectivity index (χ2n) is 7.83. The third-order valence-electron chi connectivity index (χ3n) is 5.52. The number of anilines is 2. The minimum atomic E-state index is 1.01. The van der Waals surface area contributed by atoms with Crippen LogP contribution in [-0.2, 0) is 0 Å². The summed E-state index contributed by atoms with van der Waals surface area (Å²) in [5, 5.41) is 0. The second kappa shape index (κ2) is 9.76. The van der Waals surface area contributed by atoms with Gasteiger partial charge in [-0.1, -0.05) is 79.0 Å². The maximum Gasteiger partial charge on any atom is 0.0408 e. The molecule has 1 nitrogen and oxygen atoms in total. The molecular weight excluding hydrogens is 406 g/mol. The molecule has 0 saturated heterocycles. The highest BCUT2D eigenvalue weighted by Gasteiger charge is 2.09. The van der Waals surface area contributed by atoms with Gasteiger partial charge >= 0.3 is 0 Å². The first-order valence-corrected chi connectivity index (χ1v) is 11.5. The predicted molar refractivity (Wildman–Crippen MR) is 141 cm³/mol. The van der Waals surface area contributed by atoms with E-state index in [2.05, 4.69) is 123 Å². The van der Waals surface area contributed by atoms with E-state index in [-0.39, 0.29) is 0 Å². The molecule has 0 atom stereocenters. The van der Waals surface area contributed by atoms with E-state index in [1.165, 1.54) is 21.0 Å². The lowest BCUT2D eigenvalue weighted by molar-refractivity contribution is 1.20. The van der Waals surface area contributed by atoms with E-state index in [0.29, 0.717) is 0 Å². The van der Waals surface area contributed by atoms with E-state index < -0.39 is 0 Å². The monoisotopic (exact) mass is 433 g/mol. The highest BCUT2D eigenvalue weighted by Crippen LogP contribution is 2.33. The molecule has 0 spiro atoms. The molecule has 4 rings (SSSR count). The highest BCUT2D eigenvalue weighted by molar-refractivity contribution is 7.99. The van der Waals surface area contributed by atoms with Crippen LogP contribution in [0.5, 0.6) is 0 Å². The normalized spacial score (nSPS) is 10.6. The Bertz CT molecular complexity index is 1220. The molecule has 0 N–H and O–H groups in total. The van der Waals surface area contributed by atoms with Crippen LogP contribution in [0.25, 0.3) is 11.6 Å². The van der Waals surface area contributed by atoms with Crippen LogP contribution >= 0.6 is 11.8 Å². The van der Waals surface area contributed by atoms with Crippen molar-refractivity contribution in [3.05, 3.63) is 132 Å². The van der Waals surface area contributed by atoms with E-state index in [1.807, 2.05) is 12.1 Å². The van der Waals surface area contributed by atoms with Crippen LogP contribution in [0, 0.1) is 6.92 Å². The topological polar surface area (TPSA) is 3.24 Å². The lowest BCUT2D eigenvalue weighted by Gasteiger charge is -2.20. The first-order chi connectivity index (χ1) is 15.5. The fourth-order valence-electron chi connectivity index (χ4n) is 3.57. The first-order valence-electron chi connectivity index (χ1n) is 10.6. The average molecular weight is 434 g/mol. The Hall–Kier alpha value is -3.49. The Morgan fingerprint density at radius 3 is 2.00 bits per heavy atom. The summed E-state index contributed by atoms with van der Waals surface area (Å²) in [5.74, 6) is 0. The van der Waals surface area contributed by atoms with E-state index in [0.717, 1.165) is 28.0 Å². The summed E-state index contributed by atoms with van der Waals surface area (Å²) in [6.45, 7) is 10.5. The number of aryl methyl sites for hydroxylation is 1. The van der Waals surface area contributed by atoms with E-state index >= 15 is 0 Å². The number of rotatable bonds is 7. The van der Waals surface area contributed by atoms with Crippen LogP contribution in [0.15, 0.2) is 120 Å². The Balaban J connectivity index is 1.57. The summed E-state index contributed by atoms with van der Waals surface area (Å²) in [6.07, 6.45) is 1.89. The molecule has 158 valence electrons. The van der Waals surface area contributed by atoms with Gasteiger partial charge in [0.25, 0.3) is 0 Å². The van der Waals surface area contributed by atoms with Crippen molar-refractivity contribution in [2.45, 2.75) is 16.7 Å². The lowest BCUT2D eigenvalue weighted by atomic mass is 9.97. The van der Waals surface area contributed by atoms with Gasteiger partial charge < -0.3 is 4.90 Å². The summed E-state index contributed by atoms with van der Waals surface area (Å²) in [4.78, 5) is 4.59. The van der Waals surface area contributed by atoms with Gasteiger partial charge in [-0.2, -0.15) is 0 Å². The Kier molecular flexibility index (Phi) is 6.63. The smallest absolute Gasteiger partial charge is 0.0408 e. The van der Waals surface area contributed by atoms with Gasteiger partial charge in [-0.3, -0.25) is 0 Å². The van der Waals surface area contributed by atoms with Crippen molar-refractivity contribution >= 4 is 34.8 Å². The number of benzene rings is 4. The fraction of sp³-hybridized carbons (Fsp3) is 0.0667. The Morgan fingerprint density at radius 1 is 0.750 bits per heavy atom. The van der Waals surface area contributed by atoms with Crippen LogP contribution in [0.4, 0.5) is 11.4 Å². The lowest BCUT2D eigenvalue weighted by Crippen LogP contribution is -2.09. The predicted octanol–water partition coefficient (Wildman–Crippen LogP) is 8.62. The standard InChI is InChI=1S/C30H27NS/c1-5-24-19-26(21-30(20-24)32-29-9-7-6-8-10-29)23(3)25-13-17-28(18-14-25)31(4)27-15-11-22(2)12-16-27/h5-21H,1,3H2,2,4H3. The minimum absolute atomic E-state index is 1.01. The van der Waals surface area contributed by atoms with Crippen molar-refractivity contribution < 1.29 is 0 Å². The number of hydrogen-bond donors (Lipinski definition) is 0. The molecule has 0 radical (unpaired) electrons. The van der Waals surface area contributed by atoms with Crippen molar-refractivity contribution in [2.24, 2.45) is 0 Å². The fourth-order valence-corrected chi connectivity index (χ4v) is 4.51. The Morgan fingerprint density at radius 2 is 1.38 bits per heavy atom. The van der Waals surface area contributed by atoms with Crippen LogP contribution in [-0.4, -0.2) is 7.05 Å². The van der Waals surface area contributed by atoms with Gasteiger partial charge in [-0.25, -0.2) is 0 Å². The van der Waals surface area contributed by atoms with Crippen molar-refractivity contribution in [3.63, 3.8) is 0 Å². The maximum absolute atomic E-state index is 4.40. The zero-order chi connectivity index (χ0) is 22.5. The SMILES string of the molecule is C=Cc1cc(Sc2ccccc2)cc(C(=C)c2ccc(N(C)c3ccc(C)cc3)cc2)c1. The van der Waals surface area contributed by atoms with Gasteiger partial charge in [-0.05, 0) is 83.8 Å². The molecule has 0 fully saturated rings. The summed E-state index contributed by atoms with van der Waals surface area (Å²) in [5.41, 5.74) is 7.91. The van der Waals surface area contributed by atoms with Gasteiger partial charge in [0.1, 0.15) is 0 Å². The zero-order valence-corrected chi connectivity index (χ0v) is 19.4. The van der Waals surface area contributed by atoms with Crippen LogP contribution < -0.4 is 4.90 Å². The molecule has 0 aliphatic heterocycles. The molecule has 0 unspecified atom stereocenters. The quantitative estimate of drug-likeness (QED) is 0.287. The second-order valence-corrected chi connectivity index (χ2v) is 8.98. The number of hydrogen-bond acceptors (Lipinski definition) is 2. The average Bonchev–Trinajstić information content (AvgIpc) is 2.84. The van der Waals surface area contributed by atoms with Crippen molar-refractivity contribution in [3.8, 4) is 0 Å². The van der Waals surface area contributed by atoms with E-state index in [4.69, 9.17) is 0 Å². The highest BCUT2D eigenvalue weighted by atomic mass is 32.2. The summed E-state index contributed by atoms with van der Waals surface area (Å²) in [6, 6.07) is 34.1. The molecule has 4 aromatic carbocycles. The van der Waals surface area contributed by atoms with Crippen LogP contribution in [0.2, 0.25) is 0 Å². The molecule has 0 aromatic heterocycles. The van der Waals surface area contributed by atoms with Gasteiger partial charge in [0.05, 0.1) is 0 Å². The largest absolute Gasteiger partial charge is 0.345 e. The Labute approximate surface area is 195 Å².